The minimum Gasteiger partial charge on any atom is -0.454 e. The molecule has 3 aliphatic heterocycles. The average Bonchev–Trinajstić information content (AvgIpc) is 3.24. The van der Waals surface area contributed by atoms with Crippen LogP contribution in [0.3, 0.4) is 0 Å². The molecule has 2 aromatic carbocycles. The molecule has 5 rings (SSSR count). The zero-order valence-electron chi connectivity index (χ0n) is 20.5. The van der Waals surface area contributed by atoms with Crippen LogP contribution in [-0.2, 0) is 9.59 Å². The van der Waals surface area contributed by atoms with E-state index in [1.54, 1.807) is 24.3 Å². The lowest BCUT2D eigenvalue weighted by molar-refractivity contribution is -0.122. The minimum atomic E-state index is -0.801. The second-order valence-corrected chi connectivity index (χ2v) is 10.2. The van der Waals surface area contributed by atoms with E-state index >= 15 is 0 Å². The molecule has 35 heavy (non-hydrogen) atoms. The number of fused-ring (bicyclic) bond motifs is 2. The SMILES string of the molecule is CC1CC(C)(C)N(C(C)C)c2ccc(/C=C3\C(=O)NC(=O)N(c4ccc5c(c4)OCO5)C3=O)cc21. The third-order valence-electron chi connectivity index (χ3n) is 6.84. The van der Waals surface area contributed by atoms with Crippen LogP contribution >= 0.6 is 0 Å². The maximum atomic E-state index is 13.3. The van der Waals surface area contributed by atoms with Crippen molar-refractivity contribution in [2.45, 2.75) is 58.5 Å². The van der Waals surface area contributed by atoms with Gasteiger partial charge in [0.25, 0.3) is 11.8 Å². The Morgan fingerprint density at radius 2 is 1.80 bits per heavy atom. The summed E-state index contributed by atoms with van der Waals surface area (Å²) in [5, 5.41) is 2.28. The molecule has 0 aliphatic carbocycles. The molecule has 182 valence electrons. The number of nitrogens with zero attached hydrogens (tertiary/aromatic N) is 2. The highest BCUT2D eigenvalue weighted by Crippen LogP contribution is 2.45. The molecule has 2 aromatic rings. The molecule has 0 radical (unpaired) electrons. The largest absolute Gasteiger partial charge is 0.454 e. The Hall–Kier alpha value is -3.81. The molecule has 0 saturated carbocycles. The van der Waals surface area contributed by atoms with Gasteiger partial charge in [-0.15, -0.1) is 0 Å². The number of urea groups is 1. The van der Waals surface area contributed by atoms with Crippen molar-refractivity contribution in [1.29, 1.82) is 0 Å². The average molecular weight is 476 g/mol. The second kappa shape index (κ2) is 8.15. The van der Waals surface area contributed by atoms with Crippen LogP contribution in [0.4, 0.5) is 16.2 Å². The number of amides is 4. The van der Waals surface area contributed by atoms with Crippen molar-refractivity contribution in [2.75, 3.05) is 16.6 Å². The molecule has 1 fully saturated rings. The summed E-state index contributed by atoms with van der Waals surface area (Å²) in [4.78, 5) is 41.9. The first kappa shape index (κ1) is 23.0. The fraction of sp³-hybridized carbons (Fsp3) is 0.370. The Morgan fingerprint density at radius 1 is 1.06 bits per heavy atom. The molecule has 1 unspecified atom stereocenters. The molecule has 1 saturated heterocycles. The number of hydrogen-bond donors (Lipinski definition) is 1. The highest BCUT2D eigenvalue weighted by molar-refractivity contribution is 6.39. The second-order valence-electron chi connectivity index (χ2n) is 10.2. The molecule has 1 atom stereocenters. The van der Waals surface area contributed by atoms with Gasteiger partial charge in [0.1, 0.15) is 5.57 Å². The summed E-state index contributed by atoms with van der Waals surface area (Å²) in [6, 6.07) is 10.3. The Morgan fingerprint density at radius 3 is 2.54 bits per heavy atom. The van der Waals surface area contributed by atoms with Crippen LogP contribution in [0.2, 0.25) is 0 Å². The van der Waals surface area contributed by atoms with Gasteiger partial charge in [-0.1, -0.05) is 13.0 Å². The Labute approximate surface area is 204 Å². The smallest absolute Gasteiger partial charge is 0.335 e. The van der Waals surface area contributed by atoms with Crippen LogP contribution in [0.25, 0.3) is 6.08 Å². The number of benzene rings is 2. The topological polar surface area (TPSA) is 88.2 Å². The number of nitrogens with one attached hydrogen (secondary N) is 1. The standard InChI is InChI=1S/C27H29N3O5/c1-15(2)30-21-8-6-17(10-19(21)16(3)13-27(30,4)5)11-20-24(31)28-26(33)29(25(20)32)18-7-9-22-23(12-18)35-14-34-22/h6-12,15-16H,13-14H2,1-5H3,(H,28,31,33)/b20-11+. The van der Waals surface area contributed by atoms with E-state index in [4.69, 9.17) is 9.47 Å². The summed E-state index contributed by atoms with van der Waals surface area (Å²) in [5.74, 6) is -0.115. The predicted molar refractivity (Wildman–Crippen MR) is 133 cm³/mol. The van der Waals surface area contributed by atoms with E-state index in [1.165, 1.54) is 11.3 Å². The van der Waals surface area contributed by atoms with Crippen LogP contribution in [0.15, 0.2) is 42.0 Å². The highest BCUT2D eigenvalue weighted by atomic mass is 16.7. The van der Waals surface area contributed by atoms with Crippen molar-refractivity contribution in [1.82, 2.24) is 5.32 Å². The number of carbonyl (C=O) groups excluding carboxylic acids is 3. The van der Waals surface area contributed by atoms with Gasteiger partial charge in [-0.2, -0.15) is 0 Å². The Balaban J connectivity index is 1.51. The first-order valence-electron chi connectivity index (χ1n) is 11.8. The van der Waals surface area contributed by atoms with Gasteiger partial charge >= 0.3 is 6.03 Å². The maximum absolute atomic E-state index is 13.3. The summed E-state index contributed by atoms with van der Waals surface area (Å²) in [5.41, 5.74) is 3.29. The lowest BCUT2D eigenvalue weighted by Gasteiger charge is -2.50. The van der Waals surface area contributed by atoms with Crippen LogP contribution in [-0.4, -0.2) is 36.2 Å². The first-order chi connectivity index (χ1) is 16.6. The van der Waals surface area contributed by atoms with Crippen molar-refractivity contribution in [3.63, 3.8) is 0 Å². The molecular formula is C27H29N3O5. The molecule has 0 spiro atoms. The number of carbonyl (C=O) groups is 3. The maximum Gasteiger partial charge on any atom is 0.335 e. The van der Waals surface area contributed by atoms with E-state index in [0.717, 1.165) is 16.9 Å². The van der Waals surface area contributed by atoms with Crippen LogP contribution in [0.5, 0.6) is 11.5 Å². The quantitative estimate of drug-likeness (QED) is 0.516. The van der Waals surface area contributed by atoms with E-state index in [1.807, 2.05) is 12.1 Å². The van der Waals surface area contributed by atoms with Gasteiger partial charge in [-0.3, -0.25) is 14.9 Å². The lowest BCUT2D eigenvalue weighted by Crippen LogP contribution is -2.54. The fourth-order valence-corrected chi connectivity index (χ4v) is 5.62. The Bertz CT molecular complexity index is 1280. The van der Waals surface area contributed by atoms with Crippen molar-refractivity contribution in [3.8, 4) is 11.5 Å². The van der Waals surface area contributed by atoms with Crippen molar-refractivity contribution in [3.05, 3.63) is 53.1 Å². The van der Waals surface area contributed by atoms with Crippen LogP contribution in [0, 0.1) is 0 Å². The normalized spacial score (nSPS) is 22.1. The summed E-state index contributed by atoms with van der Waals surface area (Å²) < 4.78 is 10.7. The van der Waals surface area contributed by atoms with E-state index < -0.39 is 17.8 Å². The fourth-order valence-electron chi connectivity index (χ4n) is 5.62. The molecular weight excluding hydrogens is 446 g/mol. The Kier molecular flexibility index (Phi) is 5.34. The zero-order valence-corrected chi connectivity index (χ0v) is 20.5. The monoisotopic (exact) mass is 475 g/mol. The molecule has 0 aromatic heterocycles. The predicted octanol–water partition coefficient (Wildman–Crippen LogP) is 4.58. The van der Waals surface area contributed by atoms with E-state index in [-0.39, 0.29) is 17.9 Å². The molecule has 0 bridgehead atoms. The number of imide groups is 2. The van der Waals surface area contributed by atoms with Gasteiger partial charge in [0.05, 0.1) is 5.69 Å². The zero-order chi connectivity index (χ0) is 25.1. The third-order valence-corrected chi connectivity index (χ3v) is 6.84. The summed E-state index contributed by atoms with van der Waals surface area (Å²) in [7, 11) is 0. The number of ether oxygens (including phenoxy) is 2. The summed E-state index contributed by atoms with van der Waals surface area (Å²) >= 11 is 0. The number of rotatable bonds is 3. The molecule has 8 heteroatoms. The van der Waals surface area contributed by atoms with Crippen molar-refractivity contribution in [2.24, 2.45) is 0 Å². The highest BCUT2D eigenvalue weighted by Gasteiger charge is 2.39. The molecule has 3 aliphatic rings. The van der Waals surface area contributed by atoms with Gasteiger partial charge in [-0.25, -0.2) is 9.69 Å². The number of anilines is 2. The summed E-state index contributed by atoms with van der Waals surface area (Å²) in [6.45, 7) is 11.2. The van der Waals surface area contributed by atoms with E-state index in [9.17, 15) is 14.4 Å². The van der Waals surface area contributed by atoms with Gasteiger partial charge in [-0.05, 0) is 81.5 Å². The molecule has 1 N–H and O–H groups in total. The number of hydrogen-bond acceptors (Lipinski definition) is 6. The van der Waals surface area contributed by atoms with E-state index in [2.05, 4.69) is 50.9 Å². The van der Waals surface area contributed by atoms with Crippen molar-refractivity contribution < 1.29 is 23.9 Å². The molecule has 3 heterocycles. The van der Waals surface area contributed by atoms with Gasteiger partial charge in [0.15, 0.2) is 11.5 Å². The van der Waals surface area contributed by atoms with Crippen molar-refractivity contribution >= 4 is 35.3 Å². The van der Waals surface area contributed by atoms with Crippen LogP contribution < -0.4 is 24.6 Å². The molecule has 4 amide bonds. The van der Waals surface area contributed by atoms with E-state index in [0.29, 0.717) is 29.1 Å². The number of barbiturate groups is 1. The first-order valence-corrected chi connectivity index (χ1v) is 11.8. The van der Waals surface area contributed by atoms with Gasteiger partial charge in [0.2, 0.25) is 6.79 Å². The third kappa shape index (κ3) is 3.83. The van der Waals surface area contributed by atoms with Gasteiger partial charge < -0.3 is 14.4 Å². The van der Waals surface area contributed by atoms with Crippen LogP contribution in [0.1, 0.15) is 58.1 Å². The summed E-state index contributed by atoms with van der Waals surface area (Å²) in [6.07, 6.45) is 2.54. The van der Waals surface area contributed by atoms with Gasteiger partial charge in [0, 0.05) is 23.3 Å². The lowest BCUT2D eigenvalue weighted by atomic mass is 9.78. The molecule has 8 nitrogen and oxygen atoms in total. The minimum absolute atomic E-state index is 0.0191.